The summed E-state index contributed by atoms with van der Waals surface area (Å²) in [5, 5.41) is 5.04. The zero-order valence-corrected chi connectivity index (χ0v) is 16.2. The molecule has 3 aromatic carbocycles. The number of halogens is 5. The van der Waals surface area contributed by atoms with Gasteiger partial charge in [0.05, 0.1) is 17.0 Å². The number of hydrogen-bond acceptors (Lipinski definition) is 3. The summed E-state index contributed by atoms with van der Waals surface area (Å²) in [5.41, 5.74) is -1.34. The van der Waals surface area contributed by atoms with Gasteiger partial charge in [-0.1, -0.05) is 29.8 Å². The van der Waals surface area contributed by atoms with Crippen molar-refractivity contribution in [1.82, 2.24) is 0 Å². The molecule has 0 atom stereocenters. The molecule has 2 N–H and O–H groups in total. The van der Waals surface area contributed by atoms with Crippen LogP contribution < -0.4 is 9.88 Å². The van der Waals surface area contributed by atoms with Crippen molar-refractivity contribution in [3.05, 3.63) is 70.8 Å². The van der Waals surface area contributed by atoms with Crippen molar-refractivity contribution in [2.24, 2.45) is 5.14 Å². The molecule has 0 fully saturated rings. The van der Waals surface area contributed by atoms with Gasteiger partial charge in [-0.2, -0.15) is 0 Å². The molecule has 0 aromatic heterocycles. The standard InChI is InChI=1S/C19H12ClF4NO3S/c1-28-13-7-4-10(8-12(13)20)15-14(16(21)18(23)19(24)17(15)22)9-2-5-11(6-3-9)29(25,26)27/h2-8H,1H3,(H2,25,26,27). The lowest BCUT2D eigenvalue weighted by Crippen LogP contribution is -2.11. The van der Waals surface area contributed by atoms with Crippen molar-refractivity contribution in [3.8, 4) is 28.0 Å². The molecule has 152 valence electrons. The van der Waals surface area contributed by atoms with E-state index >= 15 is 0 Å². The molecule has 10 heteroatoms. The highest BCUT2D eigenvalue weighted by Crippen LogP contribution is 2.41. The molecule has 29 heavy (non-hydrogen) atoms. The number of methoxy groups -OCH3 is 1. The van der Waals surface area contributed by atoms with Crippen LogP contribution in [0, 0.1) is 23.3 Å². The van der Waals surface area contributed by atoms with Gasteiger partial charge in [0.25, 0.3) is 0 Å². The maximum atomic E-state index is 14.7. The van der Waals surface area contributed by atoms with Crippen molar-refractivity contribution in [2.45, 2.75) is 4.90 Å². The SMILES string of the molecule is COc1ccc(-c2c(F)c(F)c(F)c(F)c2-c2ccc(S(N)(=O)=O)cc2)cc1Cl. The Kier molecular flexibility index (Phi) is 5.57. The molecule has 0 radical (unpaired) electrons. The van der Waals surface area contributed by atoms with E-state index in [1.54, 1.807) is 0 Å². The molecule has 0 saturated carbocycles. The Hall–Kier alpha value is -2.62. The molecule has 0 saturated heterocycles. The minimum Gasteiger partial charge on any atom is -0.495 e. The monoisotopic (exact) mass is 445 g/mol. The molecule has 4 nitrogen and oxygen atoms in total. The maximum absolute atomic E-state index is 14.7. The van der Waals surface area contributed by atoms with Gasteiger partial charge >= 0.3 is 0 Å². The van der Waals surface area contributed by atoms with Gasteiger partial charge in [0, 0.05) is 11.1 Å². The second-order valence-corrected chi connectivity index (χ2v) is 7.89. The van der Waals surface area contributed by atoms with E-state index in [1.165, 1.54) is 25.3 Å². The van der Waals surface area contributed by atoms with E-state index in [4.69, 9.17) is 21.5 Å². The van der Waals surface area contributed by atoms with Gasteiger partial charge in [0.1, 0.15) is 5.75 Å². The predicted octanol–water partition coefficient (Wildman–Crippen LogP) is 4.89. The van der Waals surface area contributed by atoms with Crippen molar-refractivity contribution in [3.63, 3.8) is 0 Å². The fourth-order valence-electron chi connectivity index (χ4n) is 2.81. The second-order valence-electron chi connectivity index (χ2n) is 5.92. The third-order valence-corrected chi connectivity index (χ3v) is 5.40. The topological polar surface area (TPSA) is 69.4 Å². The zero-order valence-electron chi connectivity index (χ0n) is 14.6. The van der Waals surface area contributed by atoms with Crippen LogP contribution in [0.25, 0.3) is 22.3 Å². The average molecular weight is 446 g/mol. The van der Waals surface area contributed by atoms with Crippen LogP contribution in [0.4, 0.5) is 17.6 Å². The van der Waals surface area contributed by atoms with Gasteiger partial charge in [-0.3, -0.25) is 0 Å². The Morgan fingerprint density at radius 1 is 0.828 bits per heavy atom. The third-order valence-electron chi connectivity index (χ3n) is 4.18. The summed E-state index contributed by atoms with van der Waals surface area (Å²) in [6, 6.07) is 8.12. The van der Waals surface area contributed by atoms with Gasteiger partial charge in [0.15, 0.2) is 23.3 Å². The lowest BCUT2D eigenvalue weighted by molar-refractivity contribution is 0.412. The van der Waals surface area contributed by atoms with Gasteiger partial charge in [-0.25, -0.2) is 31.1 Å². The molecule has 0 amide bonds. The van der Waals surface area contributed by atoms with E-state index < -0.39 is 44.4 Å². The fourth-order valence-corrected chi connectivity index (χ4v) is 3.58. The second kappa shape index (κ2) is 7.66. The third kappa shape index (κ3) is 3.81. The summed E-state index contributed by atoms with van der Waals surface area (Å²) in [4.78, 5) is -0.293. The van der Waals surface area contributed by atoms with E-state index in [0.29, 0.717) is 0 Å². The quantitative estimate of drug-likeness (QED) is 0.353. The van der Waals surface area contributed by atoms with Gasteiger partial charge < -0.3 is 4.74 Å². The summed E-state index contributed by atoms with van der Waals surface area (Å²) in [5.74, 6) is -7.03. The van der Waals surface area contributed by atoms with E-state index in [-0.39, 0.29) is 26.8 Å². The highest BCUT2D eigenvalue weighted by Gasteiger charge is 2.27. The minimum absolute atomic E-state index is 0.0325. The van der Waals surface area contributed by atoms with Crippen LogP contribution in [0.5, 0.6) is 5.75 Å². The Bertz CT molecular complexity index is 1220. The van der Waals surface area contributed by atoms with Crippen LogP contribution in [0.15, 0.2) is 47.4 Å². The molecule has 0 heterocycles. The number of nitrogens with two attached hydrogens (primary N) is 1. The van der Waals surface area contributed by atoms with Gasteiger partial charge in [-0.05, 0) is 35.4 Å². The molecular formula is C19H12ClF4NO3S. The van der Waals surface area contributed by atoms with E-state index in [9.17, 15) is 26.0 Å². The Morgan fingerprint density at radius 3 is 1.76 bits per heavy atom. The highest BCUT2D eigenvalue weighted by molar-refractivity contribution is 7.89. The number of ether oxygens (including phenoxy) is 1. The lowest BCUT2D eigenvalue weighted by Gasteiger charge is -2.15. The van der Waals surface area contributed by atoms with E-state index in [1.807, 2.05) is 0 Å². The maximum Gasteiger partial charge on any atom is 0.238 e. The Labute approximate surface area is 168 Å². The molecule has 0 bridgehead atoms. The molecule has 3 aromatic rings. The Balaban J connectivity index is 2.33. The normalized spacial score (nSPS) is 11.6. The predicted molar refractivity (Wildman–Crippen MR) is 100 cm³/mol. The largest absolute Gasteiger partial charge is 0.495 e. The smallest absolute Gasteiger partial charge is 0.238 e. The van der Waals surface area contributed by atoms with Crippen molar-refractivity contribution in [2.75, 3.05) is 7.11 Å². The number of sulfonamides is 1. The summed E-state index contributed by atoms with van der Waals surface area (Å²) in [6.07, 6.45) is 0. The number of rotatable bonds is 4. The molecule has 3 rings (SSSR count). The lowest BCUT2D eigenvalue weighted by atomic mass is 9.93. The minimum atomic E-state index is -4.04. The number of primary sulfonamides is 1. The summed E-state index contributed by atoms with van der Waals surface area (Å²) < 4.78 is 85.0. The van der Waals surface area contributed by atoms with Crippen LogP contribution in [-0.4, -0.2) is 15.5 Å². The molecule has 0 aliphatic carbocycles. The van der Waals surface area contributed by atoms with Gasteiger partial charge in [0.2, 0.25) is 10.0 Å². The van der Waals surface area contributed by atoms with Crippen molar-refractivity contribution in [1.29, 1.82) is 0 Å². The van der Waals surface area contributed by atoms with Gasteiger partial charge in [-0.15, -0.1) is 0 Å². The molecule has 0 aliphatic rings. The van der Waals surface area contributed by atoms with Crippen LogP contribution in [-0.2, 0) is 10.0 Å². The fraction of sp³-hybridized carbons (Fsp3) is 0.0526. The molecule has 0 aliphatic heterocycles. The van der Waals surface area contributed by atoms with Crippen LogP contribution in [0.3, 0.4) is 0 Å². The molecule has 0 spiro atoms. The molecule has 0 unspecified atom stereocenters. The van der Waals surface area contributed by atoms with Crippen molar-refractivity contribution >= 4 is 21.6 Å². The van der Waals surface area contributed by atoms with E-state index in [2.05, 4.69) is 0 Å². The first kappa shape index (κ1) is 21.1. The summed E-state index contributed by atoms with van der Waals surface area (Å²) in [7, 11) is -2.70. The summed E-state index contributed by atoms with van der Waals surface area (Å²) >= 11 is 6.02. The van der Waals surface area contributed by atoms with Crippen LogP contribution >= 0.6 is 11.6 Å². The zero-order chi connectivity index (χ0) is 21.5. The first-order chi connectivity index (χ1) is 13.6. The molecular weight excluding hydrogens is 434 g/mol. The number of benzene rings is 3. The van der Waals surface area contributed by atoms with Crippen LogP contribution in [0.2, 0.25) is 5.02 Å². The van der Waals surface area contributed by atoms with Crippen LogP contribution in [0.1, 0.15) is 0 Å². The highest BCUT2D eigenvalue weighted by atomic mass is 35.5. The van der Waals surface area contributed by atoms with E-state index in [0.717, 1.165) is 24.3 Å². The number of hydrogen-bond donors (Lipinski definition) is 1. The first-order valence-electron chi connectivity index (χ1n) is 7.89. The Morgan fingerprint density at radius 2 is 1.31 bits per heavy atom. The van der Waals surface area contributed by atoms with Crippen molar-refractivity contribution < 1.29 is 30.7 Å². The summed E-state index contributed by atoms with van der Waals surface area (Å²) in [6.45, 7) is 0. The average Bonchev–Trinajstić information content (AvgIpc) is 2.68. The first-order valence-corrected chi connectivity index (χ1v) is 9.81.